The number of anilines is 1. The zero-order valence-corrected chi connectivity index (χ0v) is 14.8. The lowest BCUT2D eigenvalue weighted by atomic mass is 10.1. The summed E-state index contributed by atoms with van der Waals surface area (Å²) in [5, 5.41) is 0. The van der Waals surface area contributed by atoms with Gasteiger partial charge in [0.1, 0.15) is 5.82 Å². The molecule has 1 aliphatic heterocycles. The summed E-state index contributed by atoms with van der Waals surface area (Å²) < 4.78 is 24.4. The lowest BCUT2D eigenvalue weighted by Crippen LogP contribution is -2.25. The van der Waals surface area contributed by atoms with E-state index in [4.69, 9.17) is 10.7 Å². The van der Waals surface area contributed by atoms with E-state index in [9.17, 15) is 13.2 Å². The van der Waals surface area contributed by atoms with Crippen LogP contribution in [0.3, 0.4) is 0 Å². The zero-order chi connectivity index (χ0) is 17.3. The second kappa shape index (κ2) is 6.57. The summed E-state index contributed by atoms with van der Waals surface area (Å²) in [6, 6.07) is 7.70. The Kier molecular flexibility index (Phi) is 4.64. The van der Waals surface area contributed by atoms with Crippen molar-refractivity contribution in [3.8, 4) is 0 Å². The van der Waals surface area contributed by atoms with Crippen molar-refractivity contribution in [2.75, 3.05) is 17.2 Å². The van der Waals surface area contributed by atoms with Gasteiger partial charge in [-0.3, -0.25) is 4.79 Å². The van der Waals surface area contributed by atoms with Gasteiger partial charge < -0.3 is 9.47 Å². The Bertz CT molecular complexity index is 846. The molecule has 0 radical (unpaired) electrons. The molecule has 8 heteroatoms. The Labute approximate surface area is 145 Å². The van der Waals surface area contributed by atoms with E-state index in [0.717, 1.165) is 17.1 Å². The first kappa shape index (κ1) is 17.0. The van der Waals surface area contributed by atoms with Gasteiger partial charge in [-0.05, 0) is 24.6 Å². The third kappa shape index (κ3) is 3.96. The van der Waals surface area contributed by atoms with Crippen LogP contribution in [-0.4, -0.2) is 36.2 Å². The molecule has 24 heavy (non-hydrogen) atoms. The van der Waals surface area contributed by atoms with Crippen LogP contribution in [0.4, 0.5) is 5.69 Å². The second-order valence-electron chi connectivity index (χ2n) is 6.05. The van der Waals surface area contributed by atoms with Crippen LogP contribution in [-0.2, 0) is 20.4 Å². The molecule has 6 nitrogen and oxygen atoms in total. The fourth-order valence-electron chi connectivity index (χ4n) is 2.97. The van der Waals surface area contributed by atoms with Crippen LogP contribution in [0.2, 0.25) is 0 Å². The highest BCUT2D eigenvalue weighted by Gasteiger charge is 2.33. The molecule has 1 fully saturated rings. The summed E-state index contributed by atoms with van der Waals surface area (Å²) in [5.74, 6) is 0.445. The van der Waals surface area contributed by atoms with Crippen LogP contribution in [0.1, 0.15) is 17.8 Å². The second-order valence-corrected chi connectivity index (χ2v) is 8.87. The maximum atomic E-state index is 12.1. The molecule has 0 spiro atoms. The third-order valence-electron chi connectivity index (χ3n) is 4.16. The van der Waals surface area contributed by atoms with Crippen molar-refractivity contribution < 1.29 is 13.2 Å². The smallest absolute Gasteiger partial charge is 0.232 e. The molecule has 0 saturated carbocycles. The van der Waals surface area contributed by atoms with E-state index in [2.05, 4.69) is 4.98 Å². The minimum Gasteiger partial charge on any atom is -0.331 e. The molecule has 1 saturated heterocycles. The van der Waals surface area contributed by atoms with Crippen molar-refractivity contribution >= 4 is 31.3 Å². The number of rotatable bonds is 5. The molecule has 1 aromatic heterocycles. The number of halogens is 1. The normalized spacial score (nSPS) is 18.3. The predicted octanol–water partition coefficient (Wildman–Crippen LogP) is 2.16. The summed E-state index contributed by atoms with van der Waals surface area (Å²) in [7, 11) is 1.70. The standard InChI is InChI=1S/C16H18ClN3O3S/c1-12-18-6-7-19(12)9-13-2-4-15(5-3-13)20-10-14(8-16(20)21)11-24(17,22)23/h2-7,14H,8-11H2,1H3. The van der Waals surface area contributed by atoms with Crippen LogP contribution >= 0.6 is 10.7 Å². The summed E-state index contributed by atoms with van der Waals surface area (Å²) in [5.41, 5.74) is 1.88. The maximum absolute atomic E-state index is 12.1. The summed E-state index contributed by atoms with van der Waals surface area (Å²) in [6.07, 6.45) is 3.89. The average Bonchev–Trinajstić information content (AvgIpc) is 3.04. The van der Waals surface area contributed by atoms with E-state index in [1.54, 1.807) is 11.1 Å². The Balaban J connectivity index is 1.69. The maximum Gasteiger partial charge on any atom is 0.232 e. The van der Waals surface area contributed by atoms with Crippen molar-refractivity contribution in [2.45, 2.75) is 19.9 Å². The first-order chi connectivity index (χ1) is 11.3. The van der Waals surface area contributed by atoms with E-state index < -0.39 is 9.05 Å². The molecule has 2 aromatic rings. The van der Waals surface area contributed by atoms with Crippen molar-refractivity contribution in [1.82, 2.24) is 9.55 Å². The van der Waals surface area contributed by atoms with E-state index in [-0.39, 0.29) is 24.0 Å². The molecule has 1 atom stereocenters. The Morgan fingerprint density at radius 2 is 2.00 bits per heavy atom. The van der Waals surface area contributed by atoms with Gasteiger partial charge >= 0.3 is 0 Å². The van der Waals surface area contributed by atoms with Gasteiger partial charge in [0.25, 0.3) is 0 Å². The van der Waals surface area contributed by atoms with E-state index >= 15 is 0 Å². The highest BCUT2D eigenvalue weighted by Crippen LogP contribution is 2.27. The number of nitrogens with zero attached hydrogens (tertiary/aromatic N) is 3. The summed E-state index contributed by atoms with van der Waals surface area (Å²) >= 11 is 0. The van der Waals surface area contributed by atoms with Gasteiger partial charge in [-0.2, -0.15) is 0 Å². The van der Waals surface area contributed by atoms with E-state index in [1.165, 1.54) is 0 Å². The van der Waals surface area contributed by atoms with E-state index in [0.29, 0.717) is 13.1 Å². The minimum absolute atomic E-state index is 0.0708. The van der Waals surface area contributed by atoms with Crippen LogP contribution < -0.4 is 4.90 Å². The lowest BCUT2D eigenvalue weighted by molar-refractivity contribution is -0.117. The van der Waals surface area contributed by atoms with Crippen LogP contribution in [0, 0.1) is 12.8 Å². The highest BCUT2D eigenvalue weighted by atomic mass is 35.7. The number of benzene rings is 1. The van der Waals surface area contributed by atoms with Gasteiger partial charge in [-0.25, -0.2) is 13.4 Å². The molecule has 0 N–H and O–H groups in total. The van der Waals surface area contributed by atoms with Gasteiger partial charge in [-0.15, -0.1) is 0 Å². The van der Waals surface area contributed by atoms with Crippen LogP contribution in [0.25, 0.3) is 0 Å². The van der Waals surface area contributed by atoms with Gasteiger partial charge in [0.2, 0.25) is 15.0 Å². The SMILES string of the molecule is Cc1nccn1Cc1ccc(N2CC(CS(=O)(=O)Cl)CC2=O)cc1. The predicted molar refractivity (Wildman–Crippen MR) is 92.6 cm³/mol. The number of carbonyl (C=O) groups excluding carboxylic acids is 1. The first-order valence-corrected chi connectivity index (χ1v) is 10.1. The highest BCUT2D eigenvalue weighted by molar-refractivity contribution is 8.13. The molecule has 1 unspecified atom stereocenters. The number of imidazole rings is 1. The molecule has 2 heterocycles. The molecule has 128 valence electrons. The third-order valence-corrected chi connectivity index (χ3v) is 5.41. The van der Waals surface area contributed by atoms with E-state index in [1.807, 2.05) is 42.0 Å². The van der Waals surface area contributed by atoms with Gasteiger partial charge in [-0.1, -0.05) is 12.1 Å². The molecular weight excluding hydrogens is 350 g/mol. The van der Waals surface area contributed by atoms with Crippen molar-refractivity contribution in [1.29, 1.82) is 0 Å². The van der Waals surface area contributed by atoms with Crippen molar-refractivity contribution in [3.63, 3.8) is 0 Å². The fraction of sp³-hybridized carbons (Fsp3) is 0.375. The quantitative estimate of drug-likeness (QED) is 0.759. The van der Waals surface area contributed by atoms with Crippen molar-refractivity contribution in [3.05, 3.63) is 48.0 Å². The lowest BCUT2D eigenvalue weighted by Gasteiger charge is -2.17. The molecule has 3 rings (SSSR count). The average molecular weight is 368 g/mol. The van der Waals surface area contributed by atoms with Gasteiger partial charge in [0, 0.05) is 54.2 Å². The minimum atomic E-state index is -3.59. The van der Waals surface area contributed by atoms with Crippen molar-refractivity contribution in [2.24, 2.45) is 5.92 Å². The fourth-order valence-corrected chi connectivity index (χ4v) is 4.29. The Morgan fingerprint density at radius 1 is 1.29 bits per heavy atom. The molecule has 0 bridgehead atoms. The zero-order valence-electron chi connectivity index (χ0n) is 13.2. The topological polar surface area (TPSA) is 72.3 Å². The summed E-state index contributed by atoms with van der Waals surface area (Å²) in [6.45, 7) is 3.04. The Hall–Kier alpha value is -1.86. The number of hydrogen-bond acceptors (Lipinski definition) is 4. The van der Waals surface area contributed by atoms with Gasteiger partial charge in [0.15, 0.2) is 0 Å². The Morgan fingerprint density at radius 3 is 2.58 bits per heavy atom. The number of aryl methyl sites for hydroxylation is 1. The monoisotopic (exact) mass is 367 g/mol. The molecule has 1 aliphatic rings. The van der Waals surface area contributed by atoms with Gasteiger partial charge in [0.05, 0.1) is 5.75 Å². The molecule has 1 amide bonds. The number of amides is 1. The number of aromatic nitrogens is 2. The number of hydrogen-bond donors (Lipinski definition) is 0. The largest absolute Gasteiger partial charge is 0.331 e. The summed E-state index contributed by atoms with van der Waals surface area (Å²) in [4.78, 5) is 17.9. The molecule has 0 aliphatic carbocycles. The van der Waals surface area contributed by atoms with Crippen LogP contribution in [0.15, 0.2) is 36.7 Å². The first-order valence-electron chi connectivity index (χ1n) is 7.61. The van der Waals surface area contributed by atoms with Crippen LogP contribution in [0.5, 0.6) is 0 Å². The number of carbonyl (C=O) groups is 1. The molecule has 1 aromatic carbocycles. The molecular formula is C16H18ClN3O3S.